The molecule has 0 saturated heterocycles. The van der Waals surface area contributed by atoms with Gasteiger partial charge in [0, 0.05) is 13.1 Å². The Morgan fingerprint density at radius 1 is 1.40 bits per heavy atom. The average Bonchev–Trinajstić information content (AvgIpc) is 2.77. The molecule has 5 nitrogen and oxygen atoms in total. The third-order valence-corrected chi connectivity index (χ3v) is 2.48. The molecule has 1 aromatic rings. The van der Waals surface area contributed by atoms with Crippen LogP contribution in [0.25, 0.3) is 0 Å². The molecule has 0 aliphatic rings. The third-order valence-electron chi connectivity index (χ3n) is 1.61. The highest BCUT2D eigenvalue weighted by Gasteiger charge is 2.04. The number of carbonyl (C=O) groups excluding carboxylic acids is 2. The highest BCUT2D eigenvalue weighted by molar-refractivity contribution is 7.12. The molecular formula is C9H12N2O3S. The predicted octanol–water partition coefficient (Wildman–Crippen LogP) is 0.834. The first-order chi connectivity index (χ1) is 7.24. The summed E-state index contributed by atoms with van der Waals surface area (Å²) in [6.45, 7) is 0.732. The number of hydrogen-bond acceptors (Lipinski definition) is 4. The lowest BCUT2D eigenvalue weighted by Gasteiger charge is -2.04. The Bertz CT molecular complexity index is 324. The van der Waals surface area contributed by atoms with Gasteiger partial charge in [-0.3, -0.25) is 4.79 Å². The minimum atomic E-state index is -0.500. The van der Waals surface area contributed by atoms with Crippen LogP contribution < -0.4 is 10.6 Å². The molecule has 6 heteroatoms. The topological polar surface area (TPSA) is 67.4 Å². The molecule has 2 amide bonds. The highest BCUT2D eigenvalue weighted by atomic mass is 32.1. The molecule has 0 unspecified atom stereocenters. The summed E-state index contributed by atoms with van der Waals surface area (Å²) in [5, 5.41) is 6.96. The van der Waals surface area contributed by atoms with E-state index in [9.17, 15) is 9.59 Å². The van der Waals surface area contributed by atoms with Crippen LogP contribution in [0.2, 0.25) is 0 Å². The minimum Gasteiger partial charge on any atom is -0.453 e. The van der Waals surface area contributed by atoms with Crippen molar-refractivity contribution in [2.75, 3.05) is 20.2 Å². The molecule has 0 atom stereocenters. The van der Waals surface area contributed by atoms with Gasteiger partial charge in [0.15, 0.2) is 0 Å². The van der Waals surface area contributed by atoms with Crippen LogP contribution in [-0.4, -0.2) is 32.2 Å². The smallest absolute Gasteiger partial charge is 0.406 e. The van der Waals surface area contributed by atoms with Crippen LogP contribution in [-0.2, 0) is 4.74 Å². The Balaban J connectivity index is 2.16. The fourth-order valence-corrected chi connectivity index (χ4v) is 1.55. The van der Waals surface area contributed by atoms with E-state index >= 15 is 0 Å². The second kappa shape index (κ2) is 6.02. The van der Waals surface area contributed by atoms with Crippen molar-refractivity contribution < 1.29 is 14.3 Å². The van der Waals surface area contributed by atoms with Gasteiger partial charge in [0.05, 0.1) is 12.0 Å². The van der Waals surface area contributed by atoms with Gasteiger partial charge in [-0.15, -0.1) is 11.3 Å². The van der Waals surface area contributed by atoms with Crippen molar-refractivity contribution >= 4 is 23.3 Å². The minimum absolute atomic E-state index is 0.128. The molecule has 1 heterocycles. The summed E-state index contributed by atoms with van der Waals surface area (Å²) < 4.78 is 4.37. The van der Waals surface area contributed by atoms with Crippen molar-refractivity contribution in [3.63, 3.8) is 0 Å². The number of nitrogens with one attached hydrogen (secondary N) is 2. The van der Waals surface area contributed by atoms with E-state index < -0.39 is 6.09 Å². The summed E-state index contributed by atoms with van der Waals surface area (Å²) in [7, 11) is 1.29. The van der Waals surface area contributed by atoms with E-state index in [0.29, 0.717) is 18.0 Å². The fourth-order valence-electron chi connectivity index (χ4n) is 0.908. The van der Waals surface area contributed by atoms with Crippen molar-refractivity contribution in [1.29, 1.82) is 0 Å². The van der Waals surface area contributed by atoms with Crippen molar-refractivity contribution in [2.24, 2.45) is 0 Å². The van der Waals surface area contributed by atoms with Crippen LogP contribution in [0, 0.1) is 0 Å². The fraction of sp³-hybridized carbons (Fsp3) is 0.333. The summed E-state index contributed by atoms with van der Waals surface area (Å²) in [5.74, 6) is -0.128. The molecule has 0 aromatic carbocycles. The number of methoxy groups -OCH3 is 1. The number of rotatable bonds is 4. The van der Waals surface area contributed by atoms with E-state index in [-0.39, 0.29) is 5.91 Å². The monoisotopic (exact) mass is 228 g/mol. The molecular weight excluding hydrogens is 216 g/mol. The molecule has 82 valence electrons. The lowest BCUT2D eigenvalue weighted by molar-refractivity contribution is 0.0957. The SMILES string of the molecule is COC(=O)NCCNC(=O)c1cccs1. The first-order valence-electron chi connectivity index (χ1n) is 4.37. The van der Waals surface area contributed by atoms with Gasteiger partial charge in [-0.05, 0) is 11.4 Å². The third kappa shape index (κ3) is 3.99. The Morgan fingerprint density at radius 3 is 2.73 bits per heavy atom. The molecule has 1 rings (SSSR count). The van der Waals surface area contributed by atoms with E-state index in [1.54, 1.807) is 6.07 Å². The zero-order chi connectivity index (χ0) is 11.1. The average molecular weight is 228 g/mol. The summed E-state index contributed by atoms with van der Waals surface area (Å²) >= 11 is 1.38. The maximum absolute atomic E-state index is 11.4. The van der Waals surface area contributed by atoms with E-state index in [0.717, 1.165) is 0 Å². The first kappa shape index (κ1) is 11.5. The normalized spacial score (nSPS) is 9.40. The van der Waals surface area contributed by atoms with Crippen LogP contribution in [0.4, 0.5) is 4.79 Å². The quantitative estimate of drug-likeness (QED) is 0.750. The maximum Gasteiger partial charge on any atom is 0.406 e. The van der Waals surface area contributed by atoms with Crippen molar-refractivity contribution in [3.8, 4) is 0 Å². The van der Waals surface area contributed by atoms with Gasteiger partial charge in [0.25, 0.3) is 5.91 Å². The molecule has 1 aromatic heterocycles. The zero-order valence-corrected chi connectivity index (χ0v) is 9.10. The van der Waals surface area contributed by atoms with Gasteiger partial charge in [0.2, 0.25) is 0 Å². The first-order valence-corrected chi connectivity index (χ1v) is 5.25. The van der Waals surface area contributed by atoms with E-state index in [2.05, 4.69) is 15.4 Å². The Morgan fingerprint density at radius 2 is 2.13 bits per heavy atom. The second-order valence-electron chi connectivity index (χ2n) is 2.65. The molecule has 0 bridgehead atoms. The molecule has 0 radical (unpaired) electrons. The molecule has 15 heavy (non-hydrogen) atoms. The molecule has 0 spiro atoms. The van der Waals surface area contributed by atoms with Crippen molar-refractivity contribution in [2.45, 2.75) is 0 Å². The van der Waals surface area contributed by atoms with Crippen LogP contribution in [0.15, 0.2) is 17.5 Å². The lowest BCUT2D eigenvalue weighted by Crippen LogP contribution is -2.34. The summed E-state index contributed by atoms with van der Waals surface area (Å²) in [6.07, 6.45) is -0.500. The Labute approximate surface area is 91.4 Å². The summed E-state index contributed by atoms with van der Waals surface area (Å²) in [6, 6.07) is 3.56. The van der Waals surface area contributed by atoms with Crippen LogP contribution >= 0.6 is 11.3 Å². The van der Waals surface area contributed by atoms with Gasteiger partial charge < -0.3 is 15.4 Å². The zero-order valence-electron chi connectivity index (χ0n) is 8.28. The number of alkyl carbamates (subject to hydrolysis) is 1. The van der Waals surface area contributed by atoms with Crippen LogP contribution in [0.3, 0.4) is 0 Å². The number of amides is 2. The van der Waals surface area contributed by atoms with Gasteiger partial charge in [-0.1, -0.05) is 6.07 Å². The van der Waals surface area contributed by atoms with Crippen molar-refractivity contribution in [3.05, 3.63) is 22.4 Å². The van der Waals surface area contributed by atoms with Crippen LogP contribution in [0.1, 0.15) is 9.67 Å². The molecule has 0 saturated carbocycles. The second-order valence-corrected chi connectivity index (χ2v) is 3.60. The predicted molar refractivity (Wildman–Crippen MR) is 57.1 cm³/mol. The number of hydrogen-bond donors (Lipinski definition) is 2. The van der Waals surface area contributed by atoms with Crippen LogP contribution in [0.5, 0.6) is 0 Å². The standard InChI is InChI=1S/C9H12N2O3S/c1-14-9(13)11-5-4-10-8(12)7-3-2-6-15-7/h2-3,6H,4-5H2,1H3,(H,10,12)(H,11,13). The Hall–Kier alpha value is -1.56. The molecule has 0 aliphatic carbocycles. The van der Waals surface area contributed by atoms with Gasteiger partial charge in [-0.2, -0.15) is 0 Å². The molecule has 2 N–H and O–H groups in total. The highest BCUT2D eigenvalue weighted by Crippen LogP contribution is 2.07. The van der Waals surface area contributed by atoms with E-state index in [1.807, 2.05) is 11.4 Å². The summed E-state index contributed by atoms with van der Waals surface area (Å²) in [4.78, 5) is 22.7. The Kier molecular flexibility index (Phi) is 4.62. The number of thiophene rings is 1. The molecule has 0 fully saturated rings. The van der Waals surface area contributed by atoms with Gasteiger partial charge in [-0.25, -0.2) is 4.79 Å². The number of carbonyl (C=O) groups is 2. The largest absolute Gasteiger partial charge is 0.453 e. The summed E-state index contributed by atoms with van der Waals surface area (Å²) in [5.41, 5.74) is 0. The maximum atomic E-state index is 11.4. The van der Waals surface area contributed by atoms with E-state index in [4.69, 9.17) is 0 Å². The van der Waals surface area contributed by atoms with E-state index in [1.165, 1.54) is 18.4 Å². The van der Waals surface area contributed by atoms with Gasteiger partial charge >= 0.3 is 6.09 Å². The van der Waals surface area contributed by atoms with Gasteiger partial charge in [0.1, 0.15) is 0 Å². The number of ether oxygens (including phenoxy) is 1. The molecule has 0 aliphatic heterocycles. The van der Waals surface area contributed by atoms with Crippen molar-refractivity contribution in [1.82, 2.24) is 10.6 Å². The lowest BCUT2D eigenvalue weighted by atomic mass is 10.4.